The van der Waals surface area contributed by atoms with Crippen molar-refractivity contribution in [3.8, 4) is 5.75 Å². The first kappa shape index (κ1) is 17.5. The van der Waals surface area contributed by atoms with Gasteiger partial charge in [-0.05, 0) is 55.7 Å². The van der Waals surface area contributed by atoms with Crippen LogP contribution in [-0.2, 0) is 16.1 Å². The molecular formula is C21H21FN2O3. The summed E-state index contributed by atoms with van der Waals surface area (Å²) >= 11 is 0. The quantitative estimate of drug-likeness (QED) is 0.896. The number of amides is 2. The minimum atomic E-state index is -0.308. The van der Waals surface area contributed by atoms with Gasteiger partial charge in [-0.15, -0.1) is 0 Å². The van der Waals surface area contributed by atoms with Crippen LogP contribution in [0.5, 0.6) is 5.75 Å². The molecule has 0 saturated heterocycles. The predicted molar refractivity (Wildman–Crippen MR) is 98.7 cm³/mol. The molecular weight excluding hydrogens is 347 g/mol. The third-order valence-corrected chi connectivity index (χ3v) is 5.11. The number of anilines is 1. The van der Waals surface area contributed by atoms with Gasteiger partial charge in [0.15, 0.2) is 6.61 Å². The van der Waals surface area contributed by atoms with Crippen LogP contribution in [0.4, 0.5) is 10.1 Å². The van der Waals surface area contributed by atoms with Crippen LogP contribution < -0.4 is 10.1 Å². The Labute approximate surface area is 157 Å². The van der Waals surface area contributed by atoms with E-state index in [1.54, 1.807) is 29.2 Å². The van der Waals surface area contributed by atoms with Crippen LogP contribution in [0.15, 0.2) is 42.5 Å². The highest BCUT2D eigenvalue weighted by Crippen LogP contribution is 2.33. The molecule has 140 valence electrons. The van der Waals surface area contributed by atoms with E-state index < -0.39 is 0 Å². The van der Waals surface area contributed by atoms with Crippen molar-refractivity contribution in [2.24, 2.45) is 5.92 Å². The van der Waals surface area contributed by atoms with Gasteiger partial charge in [-0.1, -0.05) is 12.1 Å². The van der Waals surface area contributed by atoms with Crippen LogP contribution in [0.1, 0.15) is 36.9 Å². The first-order chi connectivity index (χ1) is 13.0. The normalized spacial score (nSPS) is 17.6. The van der Waals surface area contributed by atoms with Gasteiger partial charge in [0.25, 0.3) is 5.91 Å². The van der Waals surface area contributed by atoms with Crippen molar-refractivity contribution in [1.29, 1.82) is 0 Å². The second-order valence-electron chi connectivity index (χ2n) is 7.12. The molecule has 0 bridgehead atoms. The largest absolute Gasteiger partial charge is 0.483 e. The van der Waals surface area contributed by atoms with Crippen LogP contribution in [0.3, 0.4) is 0 Å². The molecule has 2 aromatic carbocycles. The molecule has 1 aliphatic heterocycles. The van der Waals surface area contributed by atoms with Crippen LogP contribution >= 0.6 is 0 Å². The molecule has 1 fully saturated rings. The smallest absolute Gasteiger partial charge is 0.261 e. The van der Waals surface area contributed by atoms with Crippen molar-refractivity contribution < 1.29 is 18.7 Å². The fourth-order valence-corrected chi connectivity index (χ4v) is 3.28. The molecule has 1 atom stereocenters. The van der Waals surface area contributed by atoms with E-state index in [-0.39, 0.29) is 36.2 Å². The van der Waals surface area contributed by atoms with Crippen LogP contribution in [0.2, 0.25) is 0 Å². The van der Waals surface area contributed by atoms with Gasteiger partial charge in [-0.25, -0.2) is 4.39 Å². The number of carbonyl (C=O) groups is 2. The van der Waals surface area contributed by atoms with E-state index in [4.69, 9.17) is 4.74 Å². The van der Waals surface area contributed by atoms with E-state index in [9.17, 15) is 14.0 Å². The average Bonchev–Trinajstić information content (AvgIpc) is 3.50. The van der Waals surface area contributed by atoms with Crippen LogP contribution in [0, 0.1) is 11.7 Å². The second-order valence-corrected chi connectivity index (χ2v) is 7.12. The summed E-state index contributed by atoms with van der Waals surface area (Å²) in [6.45, 7) is 2.22. The monoisotopic (exact) mass is 368 g/mol. The van der Waals surface area contributed by atoms with Crippen molar-refractivity contribution in [1.82, 2.24) is 4.90 Å². The number of hydrogen-bond donors (Lipinski definition) is 1. The Hall–Kier alpha value is -2.89. The fourth-order valence-electron chi connectivity index (χ4n) is 3.28. The number of nitrogens with one attached hydrogen (secondary N) is 1. The molecule has 1 heterocycles. The topological polar surface area (TPSA) is 58.6 Å². The Morgan fingerprint density at radius 1 is 1.22 bits per heavy atom. The molecule has 27 heavy (non-hydrogen) atoms. The predicted octanol–water partition coefficient (Wildman–Crippen LogP) is 3.66. The maximum Gasteiger partial charge on any atom is 0.261 e. The van der Waals surface area contributed by atoms with Crippen LogP contribution in [-0.4, -0.2) is 23.3 Å². The number of rotatable bonds is 4. The minimum absolute atomic E-state index is 0.0390. The highest BCUT2D eigenvalue weighted by atomic mass is 19.1. The van der Waals surface area contributed by atoms with Crippen molar-refractivity contribution in [3.05, 3.63) is 59.4 Å². The minimum Gasteiger partial charge on any atom is -0.483 e. The molecule has 0 spiro atoms. The molecule has 0 unspecified atom stereocenters. The SMILES string of the molecule is C[C@H](c1ccc(F)cc1)N1Cc2cc(NC(=O)C3CC3)ccc2OCC1=O. The van der Waals surface area contributed by atoms with E-state index in [1.165, 1.54) is 12.1 Å². The van der Waals surface area contributed by atoms with E-state index in [0.29, 0.717) is 18.0 Å². The zero-order valence-electron chi connectivity index (χ0n) is 15.1. The van der Waals surface area contributed by atoms with E-state index in [0.717, 1.165) is 24.0 Å². The number of carbonyl (C=O) groups excluding carboxylic acids is 2. The van der Waals surface area contributed by atoms with Gasteiger partial charge in [0.2, 0.25) is 5.91 Å². The molecule has 2 aliphatic rings. The zero-order valence-corrected chi connectivity index (χ0v) is 15.1. The van der Waals surface area contributed by atoms with E-state index >= 15 is 0 Å². The lowest BCUT2D eigenvalue weighted by atomic mass is 10.1. The highest BCUT2D eigenvalue weighted by Gasteiger charge is 2.30. The summed E-state index contributed by atoms with van der Waals surface area (Å²) in [6.07, 6.45) is 1.88. The molecule has 6 heteroatoms. The zero-order chi connectivity index (χ0) is 19.0. The maximum absolute atomic E-state index is 13.2. The molecule has 5 nitrogen and oxygen atoms in total. The van der Waals surface area contributed by atoms with Gasteiger partial charge in [0, 0.05) is 17.2 Å². The average molecular weight is 368 g/mol. The number of fused-ring (bicyclic) bond motifs is 1. The van der Waals surface area contributed by atoms with Crippen molar-refractivity contribution in [3.63, 3.8) is 0 Å². The summed E-state index contributed by atoms with van der Waals surface area (Å²) < 4.78 is 18.9. The third kappa shape index (κ3) is 3.79. The Balaban J connectivity index is 1.57. The van der Waals surface area contributed by atoms with Crippen molar-refractivity contribution in [2.45, 2.75) is 32.4 Å². The summed E-state index contributed by atoms with van der Waals surface area (Å²) in [5.74, 6) is 0.361. The summed E-state index contributed by atoms with van der Waals surface area (Å²) in [5, 5.41) is 2.93. The second kappa shape index (κ2) is 7.02. The number of benzene rings is 2. The first-order valence-corrected chi connectivity index (χ1v) is 9.13. The van der Waals surface area contributed by atoms with Gasteiger partial charge in [-0.2, -0.15) is 0 Å². The van der Waals surface area contributed by atoms with Gasteiger partial charge in [0.05, 0.1) is 12.6 Å². The highest BCUT2D eigenvalue weighted by molar-refractivity contribution is 5.94. The molecule has 2 amide bonds. The summed E-state index contributed by atoms with van der Waals surface area (Å²) in [6, 6.07) is 11.4. The molecule has 4 rings (SSSR count). The molecule has 1 aliphatic carbocycles. The molecule has 0 radical (unpaired) electrons. The number of halogens is 1. The van der Waals surface area contributed by atoms with Gasteiger partial charge in [-0.3, -0.25) is 9.59 Å². The first-order valence-electron chi connectivity index (χ1n) is 9.13. The molecule has 1 saturated carbocycles. The Morgan fingerprint density at radius 2 is 1.96 bits per heavy atom. The molecule has 2 aromatic rings. The third-order valence-electron chi connectivity index (χ3n) is 5.11. The Bertz CT molecular complexity index is 877. The number of nitrogens with zero attached hydrogens (tertiary/aromatic N) is 1. The lowest BCUT2D eigenvalue weighted by Crippen LogP contribution is -2.34. The molecule has 0 aromatic heterocycles. The number of ether oxygens (including phenoxy) is 1. The number of hydrogen-bond acceptors (Lipinski definition) is 3. The Morgan fingerprint density at radius 3 is 2.67 bits per heavy atom. The van der Waals surface area contributed by atoms with Gasteiger partial charge < -0.3 is 15.0 Å². The standard InChI is InChI=1S/C21H21FN2O3/c1-13(14-4-6-17(22)7-5-14)24-11-16-10-18(23-21(26)15-2-3-15)8-9-19(16)27-12-20(24)25/h4-10,13,15H,2-3,11-12H2,1H3,(H,23,26)/t13-/m1/s1. The van der Waals surface area contributed by atoms with E-state index in [2.05, 4.69) is 5.32 Å². The van der Waals surface area contributed by atoms with Crippen LogP contribution in [0.25, 0.3) is 0 Å². The van der Waals surface area contributed by atoms with Gasteiger partial charge in [0.1, 0.15) is 11.6 Å². The lowest BCUT2D eigenvalue weighted by molar-refractivity contribution is -0.135. The molecule has 1 N–H and O–H groups in total. The maximum atomic E-state index is 13.2. The Kier molecular flexibility index (Phi) is 4.56. The van der Waals surface area contributed by atoms with Crippen molar-refractivity contribution >= 4 is 17.5 Å². The van der Waals surface area contributed by atoms with E-state index in [1.807, 2.05) is 13.0 Å². The summed E-state index contributed by atoms with van der Waals surface area (Å²) in [7, 11) is 0. The van der Waals surface area contributed by atoms with Gasteiger partial charge >= 0.3 is 0 Å². The summed E-state index contributed by atoms with van der Waals surface area (Å²) in [4.78, 5) is 26.3. The van der Waals surface area contributed by atoms with Crippen molar-refractivity contribution in [2.75, 3.05) is 11.9 Å². The fraction of sp³-hybridized carbons (Fsp3) is 0.333. The summed E-state index contributed by atoms with van der Waals surface area (Å²) in [5.41, 5.74) is 2.40. The lowest BCUT2D eigenvalue weighted by Gasteiger charge is -2.28.